The maximum atomic E-state index is 13.7. The Morgan fingerprint density at radius 3 is 2.07 bits per heavy atom. The van der Waals surface area contributed by atoms with Gasteiger partial charge < -0.3 is 9.47 Å². The number of alkyl halides is 3. The van der Waals surface area contributed by atoms with Crippen molar-refractivity contribution in [2.45, 2.75) is 83.6 Å². The topological polar surface area (TPSA) is 18.5 Å². The fraction of sp³-hybridized carbons (Fsp3) is 0.833. The van der Waals surface area contributed by atoms with Gasteiger partial charge in [0.05, 0.1) is 19.3 Å². The summed E-state index contributed by atoms with van der Waals surface area (Å²) in [7, 11) is 0. The number of ether oxygens (including phenoxy) is 2. The van der Waals surface area contributed by atoms with Gasteiger partial charge in [-0.2, -0.15) is 13.2 Å². The van der Waals surface area contributed by atoms with Gasteiger partial charge in [0.25, 0.3) is 0 Å². The third kappa shape index (κ3) is 7.37. The second-order valence-corrected chi connectivity index (χ2v) is 9.43. The van der Waals surface area contributed by atoms with Gasteiger partial charge in [0.2, 0.25) is 0 Å². The van der Waals surface area contributed by atoms with E-state index in [1.54, 1.807) is 0 Å². The molecule has 0 aromatic rings. The lowest BCUT2D eigenvalue weighted by atomic mass is 9.75. The Hall–Kier alpha value is -0.880. The van der Waals surface area contributed by atoms with Crippen LogP contribution in [0.4, 0.5) is 17.6 Å². The minimum Gasteiger partial charge on any atom is -0.349 e. The third-order valence-electron chi connectivity index (χ3n) is 7.21. The molecular formula is C24H36F4O2. The summed E-state index contributed by atoms with van der Waals surface area (Å²) in [4.78, 5) is 0. The van der Waals surface area contributed by atoms with Crippen LogP contribution in [0.3, 0.4) is 0 Å². The lowest BCUT2D eigenvalue weighted by Gasteiger charge is -2.37. The molecule has 2 saturated carbocycles. The van der Waals surface area contributed by atoms with Crippen molar-refractivity contribution in [2.24, 2.45) is 29.6 Å². The second-order valence-electron chi connectivity index (χ2n) is 9.43. The Labute approximate surface area is 178 Å². The normalized spacial score (nSPS) is 36.9. The summed E-state index contributed by atoms with van der Waals surface area (Å²) in [6.45, 7) is 3.73. The highest BCUT2D eigenvalue weighted by Gasteiger charge is 2.32. The van der Waals surface area contributed by atoms with Gasteiger partial charge in [-0.25, -0.2) is 4.39 Å². The number of halogens is 4. The maximum absolute atomic E-state index is 13.7. The standard InChI is InChI=1S/C24H36F4O2/c1-2-3-17-4-9-19(10-5-17)21-15-29-23(30-16-21)13-8-18-6-11-20(12-7-18)22(25)14-24(26,27)28/h8,13-14,17-21,23H,2-7,9-12,15-16H2,1H3/b13-8+,22-14-. The summed E-state index contributed by atoms with van der Waals surface area (Å²) in [5.41, 5.74) is 0. The lowest BCUT2D eigenvalue weighted by Crippen LogP contribution is -2.36. The van der Waals surface area contributed by atoms with E-state index in [2.05, 4.69) is 6.92 Å². The molecule has 0 N–H and O–H groups in total. The van der Waals surface area contributed by atoms with Crippen molar-refractivity contribution >= 4 is 0 Å². The third-order valence-corrected chi connectivity index (χ3v) is 7.21. The Balaban J connectivity index is 1.35. The molecule has 1 saturated heterocycles. The average molecular weight is 433 g/mol. The van der Waals surface area contributed by atoms with Crippen LogP contribution in [0.2, 0.25) is 0 Å². The van der Waals surface area contributed by atoms with Crippen molar-refractivity contribution in [3.63, 3.8) is 0 Å². The van der Waals surface area contributed by atoms with Crippen molar-refractivity contribution in [3.05, 3.63) is 24.1 Å². The van der Waals surface area contributed by atoms with Crippen LogP contribution in [-0.4, -0.2) is 25.7 Å². The predicted octanol–water partition coefficient (Wildman–Crippen LogP) is 7.36. The van der Waals surface area contributed by atoms with Crippen molar-refractivity contribution in [2.75, 3.05) is 13.2 Å². The summed E-state index contributed by atoms with van der Waals surface area (Å²) in [5.74, 6) is 0.706. The lowest BCUT2D eigenvalue weighted by molar-refractivity contribution is -0.185. The van der Waals surface area contributed by atoms with E-state index in [9.17, 15) is 17.6 Å². The van der Waals surface area contributed by atoms with Crippen LogP contribution in [0.1, 0.15) is 71.1 Å². The zero-order valence-electron chi connectivity index (χ0n) is 18.0. The fourth-order valence-electron chi connectivity index (χ4n) is 5.38. The number of allylic oxidation sites excluding steroid dienone is 3. The predicted molar refractivity (Wildman–Crippen MR) is 109 cm³/mol. The highest BCUT2D eigenvalue weighted by molar-refractivity contribution is 5.04. The summed E-state index contributed by atoms with van der Waals surface area (Å²) in [5, 5.41) is 0. The van der Waals surface area contributed by atoms with Gasteiger partial charge >= 0.3 is 6.18 Å². The molecule has 0 bridgehead atoms. The molecule has 0 unspecified atom stereocenters. The molecule has 0 spiro atoms. The van der Waals surface area contributed by atoms with E-state index in [0.29, 0.717) is 37.5 Å². The van der Waals surface area contributed by atoms with Crippen LogP contribution in [-0.2, 0) is 9.47 Å². The van der Waals surface area contributed by atoms with E-state index in [1.807, 2.05) is 12.2 Å². The van der Waals surface area contributed by atoms with Gasteiger partial charge in [0, 0.05) is 11.8 Å². The SMILES string of the molecule is CCCC1CCC(C2COC(/C=C/C3CCC(/C(F)=C/C(F)(F)F)CC3)OC2)CC1. The van der Waals surface area contributed by atoms with Gasteiger partial charge in [-0.3, -0.25) is 0 Å². The molecule has 0 aromatic carbocycles. The van der Waals surface area contributed by atoms with E-state index >= 15 is 0 Å². The molecular weight excluding hydrogens is 396 g/mol. The second kappa shape index (κ2) is 11.1. The summed E-state index contributed by atoms with van der Waals surface area (Å²) >= 11 is 0. The molecule has 1 aliphatic heterocycles. The summed E-state index contributed by atoms with van der Waals surface area (Å²) in [6, 6.07) is 0. The largest absolute Gasteiger partial charge is 0.412 e. The molecule has 172 valence electrons. The van der Waals surface area contributed by atoms with E-state index in [1.165, 1.54) is 38.5 Å². The summed E-state index contributed by atoms with van der Waals surface area (Å²) < 4.78 is 62.5. The molecule has 0 atom stereocenters. The van der Waals surface area contributed by atoms with E-state index in [0.717, 1.165) is 19.1 Å². The van der Waals surface area contributed by atoms with E-state index in [4.69, 9.17) is 9.47 Å². The van der Waals surface area contributed by atoms with Gasteiger partial charge in [0.1, 0.15) is 5.83 Å². The van der Waals surface area contributed by atoms with Crippen LogP contribution >= 0.6 is 0 Å². The molecule has 30 heavy (non-hydrogen) atoms. The quantitative estimate of drug-likeness (QED) is 0.322. The molecule has 0 aromatic heterocycles. The molecule has 6 heteroatoms. The number of hydrogen-bond acceptors (Lipinski definition) is 2. The van der Waals surface area contributed by atoms with Gasteiger partial charge in [-0.15, -0.1) is 0 Å². The minimum absolute atomic E-state index is 0.190. The molecule has 3 fully saturated rings. The maximum Gasteiger partial charge on any atom is 0.412 e. The minimum atomic E-state index is -4.58. The highest BCUT2D eigenvalue weighted by Crippen LogP contribution is 2.38. The molecule has 2 aliphatic carbocycles. The molecule has 1 heterocycles. The van der Waals surface area contributed by atoms with Gasteiger partial charge in [-0.05, 0) is 62.4 Å². The first kappa shape index (κ1) is 23.8. The fourth-order valence-corrected chi connectivity index (χ4v) is 5.38. The first-order valence-corrected chi connectivity index (χ1v) is 11.7. The zero-order chi connectivity index (χ0) is 21.6. The molecule has 3 aliphatic rings. The molecule has 3 rings (SSSR count). The Morgan fingerprint density at radius 2 is 1.50 bits per heavy atom. The molecule has 0 radical (unpaired) electrons. The Morgan fingerprint density at radius 1 is 0.867 bits per heavy atom. The van der Waals surface area contributed by atoms with Crippen LogP contribution in [0.25, 0.3) is 0 Å². The van der Waals surface area contributed by atoms with Crippen LogP contribution in [0.5, 0.6) is 0 Å². The summed E-state index contributed by atoms with van der Waals surface area (Å²) in [6.07, 6.45) is 9.01. The van der Waals surface area contributed by atoms with Crippen LogP contribution in [0.15, 0.2) is 24.1 Å². The number of rotatable bonds is 6. The number of hydrogen-bond donors (Lipinski definition) is 0. The monoisotopic (exact) mass is 432 g/mol. The van der Waals surface area contributed by atoms with Crippen molar-refractivity contribution < 1.29 is 27.0 Å². The molecule has 2 nitrogen and oxygen atoms in total. The van der Waals surface area contributed by atoms with Crippen LogP contribution < -0.4 is 0 Å². The van der Waals surface area contributed by atoms with E-state index < -0.39 is 17.9 Å². The van der Waals surface area contributed by atoms with Crippen molar-refractivity contribution in [3.8, 4) is 0 Å². The first-order valence-electron chi connectivity index (χ1n) is 11.7. The average Bonchev–Trinajstić information content (AvgIpc) is 2.73. The molecule has 0 amide bonds. The zero-order valence-corrected chi connectivity index (χ0v) is 18.0. The van der Waals surface area contributed by atoms with Gasteiger partial charge in [0.15, 0.2) is 6.29 Å². The Bertz CT molecular complexity index is 562. The van der Waals surface area contributed by atoms with E-state index in [-0.39, 0.29) is 18.3 Å². The Kier molecular flexibility index (Phi) is 8.82. The highest BCUT2D eigenvalue weighted by atomic mass is 19.4. The van der Waals surface area contributed by atoms with Crippen molar-refractivity contribution in [1.29, 1.82) is 0 Å². The van der Waals surface area contributed by atoms with Gasteiger partial charge in [-0.1, -0.05) is 38.7 Å². The smallest absolute Gasteiger partial charge is 0.349 e. The van der Waals surface area contributed by atoms with Crippen molar-refractivity contribution in [1.82, 2.24) is 0 Å². The first-order chi connectivity index (χ1) is 14.3. The van der Waals surface area contributed by atoms with Crippen LogP contribution in [0, 0.1) is 29.6 Å².